The Bertz CT molecular complexity index is 988. The van der Waals surface area contributed by atoms with E-state index < -0.39 is 4.92 Å². The molecular formula is C20H22N6O3. The van der Waals surface area contributed by atoms with Crippen LogP contribution < -0.4 is 5.32 Å². The van der Waals surface area contributed by atoms with Gasteiger partial charge in [-0.25, -0.2) is 14.5 Å². The Hall–Kier alpha value is -3.75. The largest absolute Gasteiger partial charge is 0.331 e. The first-order valence-electron chi connectivity index (χ1n) is 9.09. The zero-order valence-corrected chi connectivity index (χ0v) is 16.4. The lowest BCUT2D eigenvalue weighted by atomic mass is 10.1. The van der Waals surface area contributed by atoms with E-state index in [-0.39, 0.29) is 23.8 Å². The Morgan fingerprint density at radius 2 is 1.90 bits per heavy atom. The molecule has 1 N–H and O–H groups in total. The zero-order valence-electron chi connectivity index (χ0n) is 16.4. The first kappa shape index (κ1) is 20.0. The van der Waals surface area contributed by atoms with Crippen molar-refractivity contribution in [2.45, 2.75) is 25.9 Å². The number of nitrogens with one attached hydrogen (secondary N) is 1. The molecule has 29 heavy (non-hydrogen) atoms. The third-order valence-electron chi connectivity index (χ3n) is 4.88. The van der Waals surface area contributed by atoms with Gasteiger partial charge in [0.05, 0.1) is 22.7 Å². The Kier molecular flexibility index (Phi) is 5.87. The summed E-state index contributed by atoms with van der Waals surface area (Å²) in [5.74, 6) is 0. The van der Waals surface area contributed by atoms with Crippen molar-refractivity contribution in [2.75, 3.05) is 7.05 Å². The van der Waals surface area contributed by atoms with Gasteiger partial charge in [0.15, 0.2) is 0 Å². The van der Waals surface area contributed by atoms with Crippen LogP contribution in [0.25, 0.3) is 5.69 Å². The van der Waals surface area contributed by atoms with E-state index in [2.05, 4.69) is 15.4 Å². The van der Waals surface area contributed by atoms with Gasteiger partial charge in [-0.2, -0.15) is 5.10 Å². The number of nitrogens with zero attached hydrogens (tertiary/aromatic N) is 5. The van der Waals surface area contributed by atoms with E-state index >= 15 is 0 Å². The zero-order chi connectivity index (χ0) is 21.0. The van der Waals surface area contributed by atoms with Gasteiger partial charge in [-0.1, -0.05) is 24.3 Å². The molecule has 0 unspecified atom stereocenters. The summed E-state index contributed by atoms with van der Waals surface area (Å²) in [5, 5.41) is 18.0. The molecule has 9 nitrogen and oxygen atoms in total. The molecule has 0 spiro atoms. The quantitative estimate of drug-likeness (QED) is 0.507. The molecule has 2 aromatic carbocycles. The average molecular weight is 394 g/mol. The molecule has 0 fully saturated rings. The molecule has 0 aliphatic heterocycles. The Balaban J connectivity index is 1.65. The number of aromatic nitrogens is 3. The van der Waals surface area contributed by atoms with E-state index in [4.69, 9.17) is 0 Å². The summed E-state index contributed by atoms with van der Waals surface area (Å²) >= 11 is 0. The van der Waals surface area contributed by atoms with E-state index in [0.29, 0.717) is 5.56 Å². The van der Waals surface area contributed by atoms with Crippen LogP contribution in [0.5, 0.6) is 0 Å². The van der Waals surface area contributed by atoms with Crippen LogP contribution in [0.4, 0.5) is 10.5 Å². The summed E-state index contributed by atoms with van der Waals surface area (Å²) in [7, 11) is 1.67. The van der Waals surface area contributed by atoms with Crippen molar-refractivity contribution in [3.05, 3.63) is 82.4 Å². The molecule has 1 heterocycles. The standard InChI is InChI=1S/C20H22N6O3/c1-14(16-7-9-18(10-8-16)25-13-21-12-22-25)23-20(27)24(3)15(2)17-5-4-6-19(11-17)26(28)29/h4-15H,1-3H3,(H,23,27)/t14-,15-/m0/s1. The molecular weight excluding hydrogens is 372 g/mol. The number of benzene rings is 2. The van der Waals surface area contributed by atoms with Gasteiger partial charge in [0.2, 0.25) is 0 Å². The highest BCUT2D eigenvalue weighted by molar-refractivity contribution is 5.75. The van der Waals surface area contributed by atoms with Crippen molar-refractivity contribution >= 4 is 11.7 Å². The van der Waals surface area contributed by atoms with Crippen LogP contribution in [0.15, 0.2) is 61.2 Å². The smallest absolute Gasteiger partial charge is 0.318 e. The van der Waals surface area contributed by atoms with E-state index in [9.17, 15) is 14.9 Å². The minimum Gasteiger partial charge on any atom is -0.331 e. The molecule has 0 radical (unpaired) electrons. The number of amides is 2. The van der Waals surface area contributed by atoms with Crippen LogP contribution in [-0.4, -0.2) is 37.7 Å². The molecule has 0 aliphatic rings. The molecule has 1 aromatic heterocycles. The number of carbonyl (C=O) groups excluding carboxylic acids is 1. The lowest BCUT2D eigenvalue weighted by molar-refractivity contribution is -0.384. The average Bonchev–Trinajstić information content (AvgIpc) is 3.27. The number of hydrogen-bond donors (Lipinski definition) is 1. The van der Waals surface area contributed by atoms with Crippen LogP contribution in [0.3, 0.4) is 0 Å². The maximum atomic E-state index is 12.7. The number of non-ortho nitro benzene ring substituents is 1. The highest BCUT2D eigenvalue weighted by Crippen LogP contribution is 2.24. The van der Waals surface area contributed by atoms with Crippen molar-refractivity contribution in [1.82, 2.24) is 25.0 Å². The van der Waals surface area contributed by atoms with E-state index in [1.807, 2.05) is 38.1 Å². The number of nitro benzene ring substituents is 1. The van der Waals surface area contributed by atoms with E-state index in [1.165, 1.54) is 23.4 Å². The lowest BCUT2D eigenvalue weighted by Crippen LogP contribution is -2.39. The van der Waals surface area contributed by atoms with Crippen LogP contribution in [0.1, 0.15) is 37.1 Å². The molecule has 0 aliphatic carbocycles. The molecule has 0 saturated carbocycles. The second-order valence-corrected chi connectivity index (χ2v) is 6.74. The normalized spacial score (nSPS) is 12.8. The third-order valence-corrected chi connectivity index (χ3v) is 4.88. The first-order valence-corrected chi connectivity index (χ1v) is 9.09. The number of hydrogen-bond acceptors (Lipinski definition) is 5. The summed E-state index contributed by atoms with van der Waals surface area (Å²) in [6.45, 7) is 3.73. The van der Waals surface area contributed by atoms with Crippen LogP contribution in [-0.2, 0) is 0 Å². The predicted octanol–water partition coefficient (Wildman–Crippen LogP) is 3.64. The van der Waals surface area contributed by atoms with E-state index in [1.54, 1.807) is 30.2 Å². The Morgan fingerprint density at radius 1 is 1.17 bits per heavy atom. The highest BCUT2D eigenvalue weighted by Gasteiger charge is 2.21. The second-order valence-electron chi connectivity index (χ2n) is 6.74. The van der Waals surface area contributed by atoms with Gasteiger partial charge < -0.3 is 10.2 Å². The third kappa shape index (κ3) is 4.57. The fourth-order valence-corrected chi connectivity index (χ4v) is 2.93. The van der Waals surface area contributed by atoms with Crippen molar-refractivity contribution in [3.63, 3.8) is 0 Å². The first-order chi connectivity index (χ1) is 13.9. The molecule has 3 aromatic rings. The summed E-state index contributed by atoms with van der Waals surface area (Å²) < 4.78 is 1.65. The summed E-state index contributed by atoms with van der Waals surface area (Å²) in [4.78, 5) is 28.7. The van der Waals surface area contributed by atoms with Gasteiger partial charge in [-0.05, 0) is 37.1 Å². The van der Waals surface area contributed by atoms with E-state index in [0.717, 1.165) is 11.3 Å². The van der Waals surface area contributed by atoms with Crippen molar-refractivity contribution < 1.29 is 9.72 Å². The maximum Gasteiger partial charge on any atom is 0.318 e. The van der Waals surface area contributed by atoms with Crippen molar-refractivity contribution in [3.8, 4) is 5.69 Å². The van der Waals surface area contributed by atoms with Crippen LogP contribution in [0, 0.1) is 10.1 Å². The Morgan fingerprint density at radius 3 is 2.52 bits per heavy atom. The Labute approximate surface area is 168 Å². The summed E-state index contributed by atoms with van der Waals surface area (Å²) in [6.07, 6.45) is 3.08. The fourth-order valence-electron chi connectivity index (χ4n) is 2.93. The minimum absolute atomic E-state index is 0.00370. The molecule has 2 atom stereocenters. The molecule has 0 saturated heterocycles. The fraction of sp³-hybridized carbons (Fsp3) is 0.250. The molecule has 3 rings (SSSR count). The minimum atomic E-state index is -0.443. The number of rotatable bonds is 6. The van der Waals surface area contributed by atoms with Gasteiger partial charge in [0.1, 0.15) is 12.7 Å². The maximum absolute atomic E-state index is 12.7. The van der Waals surface area contributed by atoms with Gasteiger partial charge in [-0.3, -0.25) is 10.1 Å². The summed E-state index contributed by atoms with van der Waals surface area (Å²) in [5.41, 5.74) is 2.52. The van der Waals surface area contributed by atoms with Gasteiger partial charge >= 0.3 is 6.03 Å². The SMILES string of the molecule is C[C@H](NC(=O)N(C)[C@@H](C)c1cccc([N+](=O)[O-])c1)c1ccc(-n2cncn2)cc1. The van der Waals surface area contributed by atoms with Gasteiger partial charge in [-0.15, -0.1) is 0 Å². The highest BCUT2D eigenvalue weighted by atomic mass is 16.6. The van der Waals surface area contributed by atoms with Gasteiger partial charge in [0, 0.05) is 19.2 Å². The van der Waals surface area contributed by atoms with Crippen molar-refractivity contribution in [2.24, 2.45) is 0 Å². The second kappa shape index (κ2) is 8.51. The van der Waals surface area contributed by atoms with Crippen LogP contribution in [0.2, 0.25) is 0 Å². The van der Waals surface area contributed by atoms with Gasteiger partial charge in [0.25, 0.3) is 5.69 Å². The summed E-state index contributed by atoms with van der Waals surface area (Å²) in [6, 6.07) is 13.2. The molecule has 9 heteroatoms. The molecule has 2 amide bonds. The predicted molar refractivity (Wildman–Crippen MR) is 108 cm³/mol. The number of carbonyl (C=O) groups is 1. The number of urea groups is 1. The van der Waals surface area contributed by atoms with Crippen LogP contribution >= 0.6 is 0 Å². The topological polar surface area (TPSA) is 106 Å². The number of nitro groups is 1. The lowest BCUT2D eigenvalue weighted by Gasteiger charge is -2.27. The molecule has 0 bridgehead atoms. The monoisotopic (exact) mass is 394 g/mol. The van der Waals surface area contributed by atoms with Crippen molar-refractivity contribution in [1.29, 1.82) is 0 Å². The molecule has 150 valence electrons.